The summed E-state index contributed by atoms with van der Waals surface area (Å²) in [5.41, 5.74) is 4.76. The molecular weight excluding hydrogens is 324 g/mol. The number of unbranched alkanes of at least 4 members (excludes halogenated alkanes) is 1. The zero-order chi connectivity index (χ0) is 18.9. The van der Waals surface area contributed by atoms with Crippen LogP contribution in [0, 0.1) is 13.8 Å². The van der Waals surface area contributed by atoms with E-state index in [1.165, 1.54) is 16.9 Å². The normalized spacial score (nSPS) is 11.5. The van der Waals surface area contributed by atoms with Crippen molar-refractivity contribution in [3.05, 3.63) is 47.3 Å². The number of anilines is 1. The van der Waals surface area contributed by atoms with E-state index in [0.717, 1.165) is 44.1 Å². The fourth-order valence-electron chi connectivity index (χ4n) is 2.96. The van der Waals surface area contributed by atoms with Gasteiger partial charge in [-0.25, -0.2) is 0 Å². The number of benzene rings is 1. The molecule has 2 N–H and O–H groups in total. The Hall–Kier alpha value is -2.50. The van der Waals surface area contributed by atoms with Gasteiger partial charge in [0.25, 0.3) is 0 Å². The third-order valence-electron chi connectivity index (χ3n) is 4.72. The van der Waals surface area contributed by atoms with Crippen LogP contribution < -0.4 is 15.5 Å². The summed E-state index contributed by atoms with van der Waals surface area (Å²) in [5.74, 6) is 0.837. The lowest BCUT2D eigenvalue weighted by Crippen LogP contribution is -2.37. The standard InChI is InChI=1S/C20H32N6/c1-16-19(17(2)26(5)24-16)15-23-20(21-3)22-13-9-10-14-25(4)18-11-7-6-8-12-18/h6-8,11-12H,9-10,13-15H2,1-5H3,(H2,21,22,23). The Morgan fingerprint density at radius 1 is 1.15 bits per heavy atom. The molecule has 0 aliphatic rings. The van der Waals surface area contributed by atoms with Crippen molar-refractivity contribution in [2.75, 3.05) is 32.1 Å². The number of aryl methyl sites for hydroxylation is 2. The summed E-state index contributed by atoms with van der Waals surface area (Å²) in [5, 5.41) is 11.2. The second kappa shape index (κ2) is 9.85. The summed E-state index contributed by atoms with van der Waals surface area (Å²) in [4.78, 5) is 6.60. The lowest BCUT2D eigenvalue weighted by atomic mass is 10.2. The van der Waals surface area contributed by atoms with Gasteiger partial charge in [-0.1, -0.05) is 18.2 Å². The molecule has 0 radical (unpaired) electrons. The highest BCUT2D eigenvalue weighted by molar-refractivity contribution is 5.79. The van der Waals surface area contributed by atoms with Crippen LogP contribution in [0.25, 0.3) is 0 Å². The third kappa shape index (κ3) is 5.51. The van der Waals surface area contributed by atoms with Crippen molar-refractivity contribution in [1.82, 2.24) is 20.4 Å². The molecule has 1 aromatic heterocycles. The van der Waals surface area contributed by atoms with Gasteiger partial charge in [0.1, 0.15) is 0 Å². The van der Waals surface area contributed by atoms with Crippen LogP contribution in [0.5, 0.6) is 0 Å². The minimum absolute atomic E-state index is 0.738. The lowest BCUT2D eigenvalue weighted by Gasteiger charge is -2.19. The number of aliphatic imine (C=N–C) groups is 1. The van der Waals surface area contributed by atoms with Gasteiger partial charge in [-0.3, -0.25) is 9.67 Å². The van der Waals surface area contributed by atoms with Crippen molar-refractivity contribution in [2.24, 2.45) is 12.0 Å². The minimum atomic E-state index is 0.738. The number of nitrogens with one attached hydrogen (secondary N) is 2. The van der Waals surface area contributed by atoms with Crippen LogP contribution in [-0.2, 0) is 13.6 Å². The largest absolute Gasteiger partial charge is 0.375 e. The molecule has 1 heterocycles. The van der Waals surface area contributed by atoms with Gasteiger partial charge in [0.05, 0.1) is 5.69 Å². The Bertz CT molecular complexity index is 705. The molecule has 0 bridgehead atoms. The number of nitrogens with zero attached hydrogens (tertiary/aromatic N) is 4. The maximum Gasteiger partial charge on any atom is 0.191 e. The highest BCUT2D eigenvalue weighted by Crippen LogP contribution is 2.12. The van der Waals surface area contributed by atoms with E-state index in [1.54, 1.807) is 0 Å². The van der Waals surface area contributed by atoms with Gasteiger partial charge in [-0.05, 0) is 38.8 Å². The van der Waals surface area contributed by atoms with Crippen LogP contribution in [0.15, 0.2) is 35.3 Å². The molecule has 6 nitrogen and oxygen atoms in total. The maximum atomic E-state index is 4.45. The van der Waals surface area contributed by atoms with E-state index in [1.807, 2.05) is 31.8 Å². The van der Waals surface area contributed by atoms with E-state index in [2.05, 4.69) is 63.9 Å². The average molecular weight is 357 g/mol. The first kappa shape index (κ1) is 19.8. The van der Waals surface area contributed by atoms with Crippen LogP contribution in [0.3, 0.4) is 0 Å². The van der Waals surface area contributed by atoms with E-state index in [4.69, 9.17) is 0 Å². The smallest absolute Gasteiger partial charge is 0.191 e. The Balaban J connectivity index is 1.67. The predicted octanol–water partition coefficient (Wildman–Crippen LogP) is 2.62. The van der Waals surface area contributed by atoms with Crippen LogP contribution in [0.4, 0.5) is 5.69 Å². The lowest BCUT2D eigenvalue weighted by molar-refractivity contribution is 0.685. The number of aromatic nitrogens is 2. The van der Waals surface area contributed by atoms with Crippen LogP contribution in [0.2, 0.25) is 0 Å². The first-order valence-corrected chi connectivity index (χ1v) is 9.22. The van der Waals surface area contributed by atoms with Crippen LogP contribution in [0.1, 0.15) is 29.8 Å². The summed E-state index contributed by atoms with van der Waals surface area (Å²) in [6.07, 6.45) is 2.24. The Morgan fingerprint density at radius 3 is 2.50 bits per heavy atom. The van der Waals surface area contributed by atoms with Crippen molar-refractivity contribution in [3.8, 4) is 0 Å². The summed E-state index contributed by atoms with van der Waals surface area (Å²) in [7, 11) is 5.93. The number of rotatable bonds is 8. The summed E-state index contributed by atoms with van der Waals surface area (Å²) >= 11 is 0. The molecule has 2 aromatic rings. The van der Waals surface area contributed by atoms with E-state index in [9.17, 15) is 0 Å². The number of para-hydroxylation sites is 1. The van der Waals surface area contributed by atoms with E-state index in [-0.39, 0.29) is 0 Å². The molecule has 6 heteroatoms. The molecule has 26 heavy (non-hydrogen) atoms. The summed E-state index contributed by atoms with van der Waals surface area (Å²) < 4.78 is 1.92. The second-order valence-corrected chi connectivity index (χ2v) is 6.59. The summed E-state index contributed by atoms with van der Waals surface area (Å²) in [6, 6.07) is 10.5. The number of hydrogen-bond acceptors (Lipinski definition) is 3. The molecule has 0 unspecified atom stereocenters. The molecule has 1 aromatic carbocycles. The molecule has 0 aliphatic heterocycles. The highest BCUT2D eigenvalue weighted by atomic mass is 15.3. The number of guanidine groups is 1. The molecule has 0 aliphatic carbocycles. The zero-order valence-corrected chi connectivity index (χ0v) is 16.7. The fourth-order valence-corrected chi connectivity index (χ4v) is 2.96. The monoisotopic (exact) mass is 356 g/mol. The van der Waals surface area contributed by atoms with Gasteiger partial charge in [-0.15, -0.1) is 0 Å². The van der Waals surface area contributed by atoms with Crippen LogP contribution >= 0.6 is 0 Å². The first-order chi connectivity index (χ1) is 12.5. The SMILES string of the molecule is CN=C(NCCCCN(C)c1ccccc1)NCc1c(C)nn(C)c1C. The molecule has 0 spiro atoms. The first-order valence-electron chi connectivity index (χ1n) is 9.22. The van der Waals surface area contributed by atoms with Gasteiger partial charge in [0.2, 0.25) is 0 Å². The second-order valence-electron chi connectivity index (χ2n) is 6.59. The Kier molecular flexibility index (Phi) is 7.51. The van der Waals surface area contributed by atoms with Gasteiger partial charge >= 0.3 is 0 Å². The van der Waals surface area contributed by atoms with Crippen molar-refractivity contribution >= 4 is 11.6 Å². The van der Waals surface area contributed by atoms with Crippen molar-refractivity contribution in [3.63, 3.8) is 0 Å². The Labute approximate surface area is 157 Å². The predicted molar refractivity (Wildman–Crippen MR) is 110 cm³/mol. The van der Waals surface area contributed by atoms with Crippen molar-refractivity contribution < 1.29 is 0 Å². The zero-order valence-electron chi connectivity index (χ0n) is 16.7. The molecular formula is C20H32N6. The maximum absolute atomic E-state index is 4.45. The van der Waals surface area contributed by atoms with E-state index < -0.39 is 0 Å². The topological polar surface area (TPSA) is 57.5 Å². The molecule has 0 fully saturated rings. The van der Waals surface area contributed by atoms with Gasteiger partial charge in [0, 0.05) is 57.7 Å². The van der Waals surface area contributed by atoms with E-state index >= 15 is 0 Å². The number of hydrogen-bond donors (Lipinski definition) is 2. The molecule has 142 valence electrons. The van der Waals surface area contributed by atoms with Crippen molar-refractivity contribution in [1.29, 1.82) is 0 Å². The summed E-state index contributed by atoms with van der Waals surface area (Å²) in [6.45, 7) is 6.83. The highest BCUT2D eigenvalue weighted by Gasteiger charge is 2.09. The molecule has 0 amide bonds. The van der Waals surface area contributed by atoms with E-state index in [0.29, 0.717) is 0 Å². The van der Waals surface area contributed by atoms with Gasteiger partial charge in [-0.2, -0.15) is 5.10 Å². The third-order valence-corrected chi connectivity index (χ3v) is 4.72. The van der Waals surface area contributed by atoms with Gasteiger partial charge in [0.15, 0.2) is 5.96 Å². The average Bonchev–Trinajstić information content (AvgIpc) is 2.90. The van der Waals surface area contributed by atoms with Crippen LogP contribution in [-0.4, -0.2) is 42.9 Å². The molecule has 0 atom stereocenters. The fraction of sp³-hybridized carbons (Fsp3) is 0.500. The Morgan fingerprint density at radius 2 is 1.88 bits per heavy atom. The molecule has 0 saturated heterocycles. The quantitative estimate of drug-likeness (QED) is 0.434. The van der Waals surface area contributed by atoms with Crippen molar-refractivity contribution in [2.45, 2.75) is 33.2 Å². The van der Waals surface area contributed by atoms with Gasteiger partial charge < -0.3 is 15.5 Å². The molecule has 0 saturated carbocycles. The molecule has 2 rings (SSSR count). The minimum Gasteiger partial charge on any atom is -0.375 e.